The Bertz CT molecular complexity index is 1210. The number of fused-ring (bicyclic) bond motifs is 1. The molecule has 8 nitrogen and oxygen atoms in total. The van der Waals surface area contributed by atoms with Gasteiger partial charge in [-0.15, -0.1) is 0 Å². The third-order valence-corrected chi connectivity index (χ3v) is 4.68. The average molecular weight is 412 g/mol. The minimum Gasteiger partial charge on any atom is -0.390 e. The molecule has 1 aromatic carbocycles. The number of benzene rings is 1. The van der Waals surface area contributed by atoms with E-state index in [0.717, 1.165) is 0 Å². The molecule has 0 unspecified atom stereocenters. The summed E-state index contributed by atoms with van der Waals surface area (Å²) in [5.41, 5.74) is 1.97. The van der Waals surface area contributed by atoms with Crippen molar-refractivity contribution in [2.24, 2.45) is 0 Å². The molecule has 138 valence electrons. The molecule has 0 fully saturated rings. The maximum Gasteiger partial charge on any atom is 0.143 e. The minimum absolute atomic E-state index is 0.223. The number of anilines is 2. The Balaban J connectivity index is 1.95. The minimum atomic E-state index is -0.223. The van der Waals surface area contributed by atoms with Gasteiger partial charge in [-0.1, -0.05) is 29.3 Å². The van der Waals surface area contributed by atoms with Crippen molar-refractivity contribution in [3.63, 3.8) is 0 Å². The predicted octanol–water partition coefficient (Wildman–Crippen LogP) is 3.83. The topological polar surface area (TPSA) is 123 Å². The van der Waals surface area contributed by atoms with Gasteiger partial charge in [-0.3, -0.25) is 5.10 Å². The standard InChI is InChI=1S/C18H11Cl2N7O/c19-12-2-1-3-13(20)15(12)17-10(5-21)16-11(6-24-27-16)18(26-17)25-14-4-9(7-28)22-8-23-14/h1-4,6,8,28H,7H2,(H,24,27)(H,22,23,25,26). The summed E-state index contributed by atoms with van der Waals surface area (Å²) in [6.07, 6.45) is 2.88. The van der Waals surface area contributed by atoms with Crippen LogP contribution in [0.4, 0.5) is 11.6 Å². The zero-order valence-corrected chi connectivity index (χ0v) is 15.6. The first-order valence-corrected chi connectivity index (χ1v) is 8.78. The van der Waals surface area contributed by atoms with E-state index in [2.05, 4.69) is 36.5 Å². The second-order valence-electron chi connectivity index (χ2n) is 5.73. The quantitative estimate of drug-likeness (QED) is 0.465. The van der Waals surface area contributed by atoms with E-state index in [4.69, 9.17) is 23.2 Å². The Hall–Kier alpha value is -3.25. The molecule has 0 bridgehead atoms. The molecule has 10 heteroatoms. The third kappa shape index (κ3) is 3.12. The molecular formula is C18H11Cl2N7O. The van der Waals surface area contributed by atoms with Crippen LogP contribution < -0.4 is 5.32 Å². The highest BCUT2D eigenvalue weighted by molar-refractivity contribution is 6.39. The second-order valence-corrected chi connectivity index (χ2v) is 6.54. The number of hydrogen-bond donors (Lipinski definition) is 3. The van der Waals surface area contributed by atoms with Gasteiger partial charge in [0.15, 0.2) is 0 Å². The Morgan fingerprint density at radius 2 is 2.00 bits per heavy atom. The normalized spacial score (nSPS) is 10.8. The van der Waals surface area contributed by atoms with E-state index >= 15 is 0 Å². The zero-order valence-electron chi connectivity index (χ0n) is 14.1. The number of H-pyrrole nitrogens is 1. The van der Waals surface area contributed by atoms with Crippen LogP contribution in [0.25, 0.3) is 22.2 Å². The number of rotatable bonds is 4. The number of halogens is 2. The van der Waals surface area contributed by atoms with Gasteiger partial charge in [-0.25, -0.2) is 15.0 Å². The molecule has 4 aromatic rings. The number of aliphatic hydroxyl groups excluding tert-OH is 1. The summed E-state index contributed by atoms with van der Waals surface area (Å²) in [5, 5.41) is 30.3. The van der Waals surface area contributed by atoms with Crippen molar-refractivity contribution in [1.82, 2.24) is 25.1 Å². The van der Waals surface area contributed by atoms with Crippen LogP contribution in [0.5, 0.6) is 0 Å². The van der Waals surface area contributed by atoms with Crippen LogP contribution in [0.3, 0.4) is 0 Å². The van der Waals surface area contributed by atoms with Gasteiger partial charge in [0.1, 0.15) is 29.6 Å². The Morgan fingerprint density at radius 1 is 1.21 bits per heavy atom. The molecule has 0 amide bonds. The van der Waals surface area contributed by atoms with E-state index in [-0.39, 0.29) is 12.2 Å². The molecule has 0 aliphatic carbocycles. The second kappa shape index (κ2) is 7.40. The molecule has 0 saturated heterocycles. The zero-order chi connectivity index (χ0) is 19.7. The Kier molecular flexibility index (Phi) is 4.79. The lowest BCUT2D eigenvalue weighted by atomic mass is 10.0. The number of nitrogens with one attached hydrogen (secondary N) is 2. The van der Waals surface area contributed by atoms with Crippen molar-refractivity contribution in [3.8, 4) is 17.3 Å². The van der Waals surface area contributed by atoms with Gasteiger partial charge in [-0.05, 0) is 12.1 Å². The molecule has 0 aliphatic heterocycles. The summed E-state index contributed by atoms with van der Waals surface area (Å²) in [7, 11) is 0. The van der Waals surface area contributed by atoms with Crippen LogP contribution in [-0.2, 0) is 6.61 Å². The van der Waals surface area contributed by atoms with Crippen molar-refractivity contribution >= 4 is 45.7 Å². The van der Waals surface area contributed by atoms with Crippen molar-refractivity contribution in [3.05, 3.63) is 58.1 Å². The number of aromatic amines is 1. The summed E-state index contributed by atoms with van der Waals surface area (Å²) < 4.78 is 0. The molecule has 4 rings (SSSR count). The lowest BCUT2D eigenvalue weighted by molar-refractivity contribution is 0.276. The molecule has 28 heavy (non-hydrogen) atoms. The first-order valence-electron chi connectivity index (χ1n) is 8.02. The van der Waals surface area contributed by atoms with E-state index in [1.54, 1.807) is 30.5 Å². The number of nitrogens with zero attached hydrogens (tertiary/aromatic N) is 5. The molecular weight excluding hydrogens is 401 g/mol. The monoisotopic (exact) mass is 411 g/mol. The van der Waals surface area contributed by atoms with Gasteiger partial charge in [0, 0.05) is 11.6 Å². The van der Waals surface area contributed by atoms with Crippen LogP contribution in [0.1, 0.15) is 11.3 Å². The van der Waals surface area contributed by atoms with E-state index in [1.807, 2.05) is 0 Å². The fraction of sp³-hybridized carbons (Fsp3) is 0.0556. The smallest absolute Gasteiger partial charge is 0.143 e. The molecule has 3 heterocycles. The highest BCUT2D eigenvalue weighted by atomic mass is 35.5. The maximum atomic E-state index is 9.73. The van der Waals surface area contributed by atoms with Crippen LogP contribution in [0.15, 0.2) is 36.8 Å². The summed E-state index contributed by atoms with van der Waals surface area (Å²) in [6, 6.07) is 8.80. The van der Waals surface area contributed by atoms with Gasteiger partial charge in [0.25, 0.3) is 0 Å². The molecule has 3 aromatic heterocycles. The number of nitriles is 1. The number of aliphatic hydroxyl groups is 1. The lowest BCUT2D eigenvalue weighted by Crippen LogP contribution is -2.02. The highest BCUT2D eigenvalue weighted by Gasteiger charge is 2.21. The fourth-order valence-electron chi connectivity index (χ4n) is 2.79. The fourth-order valence-corrected chi connectivity index (χ4v) is 3.36. The lowest BCUT2D eigenvalue weighted by Gasteiger charge is -2.13. The molecule has 3 N–H and O–H groups in total. The van der Waals surface area contributed by atoms with Crippen LogP contribution in [0.2, 0.25) is 10.0 Å². The van der Waals surface area contributed by atoms with Gasteiger partial charge < -0.3 is 10.4 Å². The van der Waals surface area contributed by atoms with Crippen molar-refractivity contribution < 1.29 is 5.11 Å². The van der Waals surface area contributed by atoms with Gasteiger partial charge >= 0.3 is 0 Å². The van der Waals surface area contributed by atoms with Crippen molar-refractivity contribution in [2.45, 2.75) is 6.61 Å². The van der Waals surface area contributed by atoms with Crippen molar-refractivity contribution in [1.29, 1.82) is 5.26 Å². The Morgan fingerprint density at radius 3 is 2.71 bits per heavy atom. The largest absolute Gasteiger partial charge is 0.390 e. The van der Waals surface area contributed by atoms with Crippen LogP contribution >= 0.6 is 23.2 Å². The van der Waals surface area contributed by atoms with Crippen molar-refractivity contribution in [2.75, 3.05) is 5.32 Å². The van der Waals surface area contributed by atoms with Gasteiger partial charge in [0.05, 0.1) is 45.1 Å². The highest BCUT2D eigenvalue weighted by Crippen LogP contribution is 2.39. The summed E-state index contributed by atoms with van der Waals surface area (Å²) in [5.74, 6) is 0.825. The van der Waals surface area contributed by atoms with E-state index in [9.17, 15) is 10.4 Å². The number of aromatic nitrogens is 5. The molecule has 0 aliphatic rings. The third-order valence-electron chi connectivity index (χ3n) is 4.05. The molecule has 0 atom stereocenters. The first kappa shape index (κ1) is 18.1. The summed E-state index contributed by atoms with van der Waals surface area (Å²) >= 11 is 12.7. The first-order chi connectivity index (χ1) is 13.6. The van der Waals surface area contributed by atoms with E-state index in [1.165, 1.54) is 6.33 Å². The molecule has 0 spiro atoms. The van der Waals surface area contributed by atoms with E-state index in [0.29, 0.717) is 49.5 Å². The average Bonchev–Trinajstić information content (AvgIpc) is 3.18. The summed E-state index contributed by atoms with van der Waals surface area (Å²) in [4.78, 5) is 12.7. The van der Waals surface area contributed by atoms with Crippen LogP contribution in [-0.4, -0.2) is 30.3 Å². The van der Waals surface area contributed by atoms with E-state index < -0.39 is 0 Å². The number of hydrogen-bond acceptors (Lipinski definition) is 7. The SMILES string of the molecule is N#Cc1c(-c2c(Cl)cccc2Cl)nc(Nc2cc(CO)ncn2)c2cn[nH]c12. The van der Waals surface area contributed by atoms with Gasteiger partial charge in [-0.2, -0.15) is 10.4 Å². The Labute approximate surface area is 168 Å². The van der Waals surface area contributed by atoms with Gasteiger partial charge in [0.2, 0.25) is 0 Å². The predicted molar refractivity (Wildman–Crippen MR) is 105 cm³/mol. The van der Waals surface area contributed by atoms with Crippen LogP contribution in [0, 0.1) is 11.3 Å². The summed E-state index contributed by atoms with van der Waals surface area (Å²) in [6.45, 7) is -0.223. The maximum absolute atomic E-state index is 9.73. The molecule has 0 saturated carbocycles. The molecule has 0 radical (unpaired) electrons. The number of pyridine rings is 1.